The van der Waals surface area contributed by atoms with E-state index in [2.05, 4.69) is 21.6 Å². The Hall–Kier alpha value is -1.09. The molecule has 2 N–H and O–H groups in total. The summed E-state index contributed by atoms with van der Waals surface area (Å²) in [4.78, 5) is 0. The van der Waals surface area contributed by atoms with Gasteiger partial charge < -0.3 is 5.32 Å². The topological polar surface area (TPSA) is 40.7 Å². The van der Waals surface area contributed by atoms with Gasteiger partial charge in [-0.15, -0.1) is 0 Å². The largest absolute Gasteiger partial charge is 0.313 e. The highest BCUT2D eigenvalue weighted by Crippen LogP contribution is 2.35. The van der Waals surface area contributed by atoms with Gasteiger partial charge >= 0.3 is 0 Å². The summed E-state index contributed by atoms with van der Waals surface area (Å²) in [6.07, 6.45) is 8.76. The van der Waals surface area contributed by atoms with E-state index in [1.54, 1.807) is 0 Å². The minimum Gasteiger partial charge on any atom is -0.313 e. The van der Waals surface area contributed by atoms with Crippen molar-refractivity contribution in [2.75, 3.05) is 6.54 Å². The molecule has 2 unspecified atom stereocenters. The van der Waals surface area contributed by atoms with E-state index in [1.165, 1.54) is 24.0 Å². The van der Waals surface area contributed by atoms with Crippen LogP contribution >= 0.6 is 0 Å². The van der Waals surface area contributed by atoms with Crippen LogP contribution in [-0.4, -0.2) is 22.8 Å². The number of aromatic nitrogens is 2. The monoisotopic (exact) mass is 175 g/mol. The highest BCUT2D eigenvalue weighted by molar-refractivity contribution is 5.68. The molecule has 0 aromatic carbocycles. The smallest absolute Gasteiger partial charge is 0.0562 e. The molecule has 1 aromatic rings. The van der Waals surface area contributed by atoms with Crippen molar-refractivity contribution in [2.45, 2.75) is 18.9 Å². The Morgan fingerprint density at radius 1 is 1.46 bits per heavy atom. The summed E-state index contributed by atoms with van der Waals surface area (Å²) in [5.74, 6) is 0.719. The number of H-pyrrole nitrogens is 1. The van der Waals surface area contributed by atoms with Crippen molar-refractivity contribution in [3.05, 3.63) is 24.0 Å². The molecule has 68 valence electrons. The van der Waals surface area contributed by atoms with Crippen molar-refractivity contribution in [1.29, 1.82) is 0 Å². The number of nitrogens with zero attached hydrogens (tertiary/aromatic N) is 1. The second-order valence-electron chi connectivity index (χ2n) is 3.92. The van der Waals surface area contributed by atoms with Crippen molar-refractivity contribution in [1.82, 2.24) is 15.5 Å². The lowest BCUT2D eigenvalue weighted by molar-refractivity contribution is 0.593. The molecule has 2 atom stereocenters. The van der Waals surface area contributed by atoms with Crippen LogP contribution in [0.4, 0.5) is 0 Å². The second kappa shape index (κ2) is 2.70. The van der Waals surface area contributed by atoms with Gasteiger partial charge in [-0.05, 0) is 24.3 Å². The molecule has 3 nitrogen and oxygen atoms in total. The molecule has 1 aliphatic heterocycles. The van der Waals surface area contributed by atoms with Gasteiger partial charge in [-0.2, -0.15) is 5.10 Å². The summed E-state index contributed by atoms with van der Waals surface area (Å²) in [5.41, 5.74) is 2.75. The third-order valence-corrected chi connectivity index (χ3v) is 3.12. The van der Waals surface area contributed by atoms with Gasteiger partial charge in [-0.25, -0.2) is 0 Å². The number of nitrogens with one attached hydrogen (secondary N) is 2. The minimum absolute atomic E-state index is 0.719. The Morgan fingerprint density at radius 3 is 3.31 bits per heavy atom. The fourth-order valence-electron chi connectivity index (χ4n) is 2.43. The first-order valence-electron chi connectivity index (χ1n) is 4.86. The van der Waals surface area contributed by atoms with Crippen LogP contribution in [0, 0.1) is 5.92 Å². The molecule has 1 aliphatic carbocycles. The van der Waals surface area contributed by atoms with Gasteiger partial charge in [0.2, 0.25) is 0 Å². The predicted octanol–water partition coefficient (Wildman–Crippen LogP) is 1.17. The minimum atomic E-state index is 0.719. The van der Waals surface area contributed by atoms with E-state index in [9.17, 15) is 0 Å². The Bertz CT molecular complexity index is 326. The van der Waals surface area contributed by atoms with Gasteiger partial charge in [0.1, 0.15) is 0 Å². The quantitative estimate of drug-likeness (QED) is 0.672. The van der Waals surface area contributed by atoms with Crippen LogP contribution in [0.3, 0.4) is 0 Å². The van der Waals surface area contributed by atoms with E-state index < -0.39 is 0 Å². The van der Waals surface area contributed by atoms with Crippen molar-refractivity contribution >= 4 is 5.57 Å². The van der Waals surface area contributed by atoms with Crippen LogP contribution in [0.15, 0.2) is 18.5 Å². The van der Waals surface area contributed by atoms with Crippen LogP contribution < -0.4 is 5.32 Å². The molecular formula is C10H13N3. The zero-order valence-electron chi connectivity index (χ0n) is 7.46. The van der Waals surface area contributed by atoms with Crippen molar-refractivity contribution in [3.8, 4) is 0 Å². The number of hydrogen-bond donors (Lipinski definition) is 2. The molecule has 2 bridgehead atoms. The molecule has 0 spiro atoms. The summed E-state index contributed by atoms with van der Waals surface area (Å²) < 4.78 is 0. The van der Waals surface area contributed by atoms with Crippen LogP contribution in [0.2, 0.25) is 0 Å². The molecule has 1 saturated heterocycles. The molecule has 0 radical (unpaired) electrons. The molecule has 3 heteroatoms. The average Bonchev–Trinajstić information content (AvgIpc) is 2.77. The van der Waals surface area contributed by atoms with Gasteiger partial charge in [0, 0.05) is 24.3 Å². The third kappa shape index (κ3) is 1.11. The fraction of sp³-hybridized carbons (Fsp3) is 0.500. The van der Waals surface area contributed by atoms with E-state index in [0.717, 1.165) is 18.5 Å². The summed E-state index contributed by atoms with van der Waals surface area (Å²) in [7, 11) is 0. The van der Waals surface area contributed by atoms with E-state index in [-0.39, 0.29) is 0 Å². The fourth-order valence-corrected chi connectivity index (χ4v) is 2.43. The van der Waals surface area contributed by atoms with Crippen molar-refractivity contribution < 1.29 is 0 Å². The first-order chi connectivity index (χ1) is 6.43. The summed E-state index contributed by atoms with van der Waals surface area (Å²) in [6, 6.07) is 0.737. The summed E-state index contributed by atoms with van der Waals surface area (Å²) >= 11 is 0. The standard InChI is InChI=1S/C10H13N3/c1-2-10(8-5-12-13-6-8)7-3-9(1)11-4-7/h2,5-7,9,11H,1,3-4H2,(H,12,13). The van der Waals surface area contributed by atoms with Crippen LogP contribution in [0.25, 0.3) is 5.57 Å². The van der Waals surface area contributed by atoms with E-state index in [0.29, 0.717) is 0 Å². The molecule has 0 saturated carbocycles. The zero-order chi connectivity index (χ0) is 8.67. The number of rotatable bonds is 1. The van der Waals surface area contributed by atoms with Crippen LogP contribution in [0.1, 0.15) is 18.4 Å². The Balaban J connectivity index is 1.96. The van der Waals surface area contributed by atoms with Gasteiger partial charge in [0.15, 0.2) is 0 Å². The molecule has 3 rings (SSSR count). The highest BCUT2D eigenvalue weighted by Gasteiger charge is 2.30. The second-order valence-corrected chi connectivity index (χ2v) is 3.92. The lowest BCUT2D eigenvalue weighted by Crippen LogP contribution is -2.19. The van der Waals surface area contributed by atoms with E-state index in [4.69, 9.17) is 0 Å². The predicted molar refractivity (Wildman–Crippen MR) is 51.1 cm³/mol. The van der Waals surface area contributed by atoms with Crippen LogP contribution in [0.5, 0.6) is 0 Å². The van der Waals surface area contributed by atoms with E-state index in [1.807, 2.05) is 12.4 Å². The van der Waals surface area contributed by atoms with Gasteiger partial charge in [0.05, 0.1) is 6.20 Å². The van der Waals surface area contributed by atoms with Crippen LogP contribution in [-0.2, 0) is 0 Å². The maximum absolute atomic E-state index is 3.99. The average molecular weight is 175 g/mol. The first-order valence-corrected chi connectivity index (χ1v) is 4.86. The molecule has 2 aliphatic rings. The zero-order valence-corrected chi connectivity index (χ0v) is 7.46. The maximum atomic E-state index is 3.99. The highest BCUT2D eigenvalue weighted by atomic mass is 15.1. The summed E-state index contributed by atoms with van der Waals surface area (Å²) in [5, 5.41) is 10.4. The molecule has 13 heavy (non-hydrogen) atoms. The Kier molecular flexibility index (Phi) is 1.52. The molecule has 0 amide bonds. The molecule has 1 aromatic heterocycles. The van der Waals surface area contributed by atoms with Crippen molar-refractivity contribution in [3.63, 3.8) is 0 Å². The Labute approximate surface area is 77.2 Å². The number of fused-ring (bicyclic) bond motifs is 2. The molecule has 1 fully saturated rings. The lowest BCUT2D eigenvalue weighted by Gasteiger charge is -2.18. The third-order valence-electron chi connectivity index (χ3n) is 3.12. The van der Waals surface area contributed by atoms with Gasteiger partial charge in [-0.1, -0.05) is 6.08 Å². The molecule has 2 heterocycles. The Morgan fingerprint density at radius 2 is 2.46 bits per heavy atom. The van der Waals surface area contributed by atoms with Crippen molar-refractivity contribution in [2.24, 2.45) is 5.92 Å². The van der Waals surface area contributed by atoms with E-state index >= 15 is 0 Å². The SMILES string of the molecule is C1=C(c2cn[nH]c2)C2CNC(C1)C2. The lowest BCUT2D eigenvalue weighted by atomic mass is 9.86. The molecular weight excluding hydrogens is 162 g/mol. The summed E-state index contributed by atoms with van der Waals surface area (Å²) in [6.45, 7) is 1.14. The number of aromatic amines is 1. The maximum Gasteiger partial charge on any atom is 0.0562 e. The van der Waals surface area contributed by atoms with Gasteiger partial charge in [0.25, 0.3) is 0 Å². The first kappa shape index (κ1) is 7.33. The van der Waals surface area contributed by atoms with Gasteiger partial charge in [-0.3, -0.25) is 5.10 Å². The number of hydrogen-bond acceptors (Lipinski definition) is 2. The normalized spacial score (nSPS) is 31.8.